The first kappa shape index (κ1) is 40.9. The van der Waals surface area contributed by atoms with Gasteiger partial charge in [-0.05, 0) is 79.6 Å². The van der Waals surface area contributed by atoms with Gasteiger partial charge in [0.15, 0.2) is 0 Å². The number of carbonyl (C=O) groups is 1. The lowest BCUT2D eigenvalue weighted by atomic mass is 10.1. The maximum absolute atomic E-state index is 13.9. The molecule has 0 aliphatic rings. The number of halogens is 3. The summed E-state index contributed by atoms with van der Waals surface area (Å²) in [6.07, 6.45) is -2.64. The van der Waals surface area contributed by atoms with Crippen LogP contribution in [0, 0.1) is 18.3 Å². The van der Waals surface area contributed by atoms with Crippen molar-refractivity contribution in [3.63, 3.8) is 0 Å². The zero-order valence-electron chi connectivity index (χ0n) is 30.9. The van der Waals surface area contributed by atoms with E-state index in [2.05, 4.69) is 37.6 Å². The van der Waals surface area contributed by atoms with E-state index >= 15 is 0 Å². The fraction of sp³-hybridized carbons (Fsp3) is 0.200. The first-order valence-electron chi connectivity index (χ1n) is 17.1. The predicted octanol–water partition coefficient (Wildman–Crippen LogP) is 6.29. The molecule has 6 rings (SSSR count). The number of nitrogens with one attached hydrogen (secondary N) is 1. The van der Waals surface area contributed by atoms with E-state index in [9.17, 15) is 41.0 Å². The highest BCUT2D eigenvalue weighted by atomic mass is 32.2. The van der Waals surface area contributed by atoms with Crippen LogP contribution in [0.15, 0.2) is 125 Å². The highest BCUT2D eigenvalue weighted by Gasteiger charge is 2.32. The first-order valence-corrected chi connectivity index (χ1v) is 18.5. The van der Waals surface area contributed by atoms with E-state index in [1.807, 2.05) is 24.3 Å². The molecule has 1 amide bonds. The normalized spacial score (nSPS) is 11.7. The number of alkyl halides is 3. The molecule has 0 atom stereocenters. The first-order chi connectivity index (χ1) is 26.4. The number of amides is 1. The van der Waals surface area contributed by atoms with Gasteiger partial charge in [-0.15, -0.1) is 0 Å². The summed E-state index contributed by atoms with van der Waals surface area (Å²) in [5.74, 6) is 0. The molecular formula is C40H38F3N7O5S. The Hall–Kier alpha value is -6.28. The van der Waals surface area contributed by atoms with Crippen molar-refractivity contribution in [2.45, 2.75) is 31.0 Å². The van der Waals surface area contributed by atoms with Crippen LogP contribution in [0.2, 0.25) is 0 Å². The summed E-state index contributed by atoms with van der Waals surface area (Å²) < 4.78 is 75.9. The Kier molecular flexibility index (Phi) is 12.1. The lowest BCUT2D eigenvalue weighted by Gasteiger charge is -2.23. The molecule has 2 heterocycles. The molecule has 0 radical (unpaired) electrons. The fourth-order valence-corrected chi connectivity index (χ4v) is 6.42. The number of benzene rings is 4. The van der Waals surface area contributed by atoms with Gasteiger partial charge in [0.2, 0.25) is 0 Å². The molecule has 2 aromatic heterocycles. The number of nitrogens with zero attached hydrogens (tertiary/aromatic N) is 6. The van der Waals surface area contributed by atoms with Gasteiger partial charge in [-0.3, -0.25) is 4.57 Å². The smallest absolute Gasteiger partial charge is 0.416 e. The zero-order chi connectivity index (χ0) is 40.8. The van der Waals surface area contributed by atoms with Crippen LogP contribution in [0.5, 0.6) is 0 Å². The number of quaternary nitrogens is 1. The molecule has 0 aliphatic heterocycles. The Morgan fingerprint density at radius 3 is 2.11 bits per heavy atom. The summed E-state index contributed by atoms with van der Waals surface area (Å²) in [5, 5.41) is 16.4. The molecule has 0 unspecified atom stereocenters. The van der Waals surface area contributed by atoms with E-state index in [4.69, 9.17) is 0 Å². The molecule has 0 fully saturated rings. The quantitative estimate of drug-likeness (QED) is 0.134. The SMILES string of the molecule is Cc1c(-c2ccnn2-c2ccc(C#N)cc2)n(C(=O)NCCc2ccc(C[N+](C)(C)C)cc2)c(=O)n1-c1cccc(C(F)(F)F)c1.O=S(=O)([O-])c1ccccc1. The molecule has 6 aromatic rings. The van der Waals surface area contributed by atoms with Crippen LogP contribution in [0.1, 0.15) is 27.9 Å². The van der Waals surface area contributed by atoms with E-state index in [1.165, 1.54) is 52.8 Å². The van der Waals surface area contributed by atoms with Gasteiger partial charge < -0.3 is 14.4 Å². The van der Waals surface area contributed by atoms with Crippen LogP contribution in [-0.4, -0.2) is 70.1 Å². The molecule has 4 aromatic carbocycles. The minimum atomic E-state index is -4.63. The number of imidazole rings is 1. The van der Waals surface area contributed by atoms with Gasteiger partial charge in [-0.1, -0.05) is 48.5 Å². The van der Waals surface area contributed by atoms with E-state index in [-0.39, 0.29) is 28.5 Å². The number of hydrogen-bond donors (Lipinski definition) is 1. The van der Waals surface area contributed by atoms with Gasteiger partial charge in [0, 0.05) is 12.1 Å². The lowest BCUT2D eigenvalue weighted by molar-refractivity contribution is -0.884. The van der Waals surface area contributed by atoms with E-state index < -0.39 is 33.6 Å². The molecule has 0 aliphatic carbocycles. The third-order valence-electron chi connectivity index (χ3n) is 8.45. The average molecular weight is 786 g/mol. The molecule has 290 valence electrons. The second kappa shape index (κ2) is 16.6. The summed E-state index contributed by atoms with van der Waals surface area (Å²) in [7, 11) is 2.08. The maximum atomic E-state index is 13.9. The van der Waals surface area contributed by atoms with Crippen molar-refractivity contribution in [2.24, 2.45) is 0 Å². The standard InChI is InChI=1S/C34H32F3N7O2.C6H6O3S/c1-23-31(30-17-19-40-43(30)28-14-12-25(21-38)13-15-28)42(33(46)41(23)29-7-5-6-27(20-29)34(35,36)37)32(45)39-18-16-24-8-10-26(11-9-24)22-44(2,3)4;7-10(8,9)6-4-2-1-3-5-6/h5-15,17,19-20H,16,18,22H2,1-4H3;1-5H,(H,7,8,9). The Morgan fingerprint density at radius 2 is 1.54 bits per heavy atom. The van der Waals surface area contributed by atoms with Crippen LogP contribution in [-0.2, 0) is 29.3 Å². The third-order valence-corrected chi connectivity index (χ3v) is 9.30. The molecule has 56 heavy (non-hydrogen) atoms. The molecule has 0 saturated carbocycles. The zero-order valence-corrected chi connectivity index (χ0v) is 31.7. The van der Waals surface area contributed by atoms with Crippen LogP contribution in [0.4, 0.5) is 18.0 Å². The van der Waals surface area contributed by atoms with Gasteiger partial charge in [0.05, 0.1) is 72.2 Å². The van der Waals surface area contributed by atoms with Crippen molar-refractivity contribution in [2.75, 3.05) is 27.7 Å². The highest BCUT2D eigenvalue weighted by Crippen LogP contribution is 2.32. The van der Waals surface area contributed by atoms with Crippen molar-refractivity contribution in [1.29, 1.82) is 5.26 Å². The lowest BCUT2D eigenvalue weighted by Crippen LogP contribution is -2.38. The summed E-state index contributed by atoms with van der Waals surface area (Å²) in [6, 6.07) is 29.2. The Bertz CT molecular complexity index is 2530. The van der Waals surface area contributed by atoms with Crippen molar-refractivity contribution < 1.29 is 35.4 Å². The molecule has 16 heteroatoms. The largest absolute Gasteiger partial charge is 0.744 e. The Labute approximate surface area is 321 Å². The molecule has 1 N–H and O–H groups in total. The molecular weight excluding hydrogens is 748 g/mol. The van der Waals surface area contributed by atoms with Crippen LogP contribution < -0.4 is 11.0 Å². The van der Waals surface area contributed by atoms with Crippen molar-refractivity contribution in [3.05, 3.63) is 154 Å². The van der Waals surface area contributed by atoms with Gasteiger partial charge in [0.25, 0.3) is 0 Å². The minimum absolute atomic E-state index is 0.0384. The van der Waals surface area contributed by atoms with Gasteiger partial charge in [0.1, 0.15) is 22.4 Å². The van der Waals surface area contributed by atoms with Crippen molar-refractivity contribution in [3.8, 4) is 28.8 Å². The topological polar surface area (TPSA) is 155 Å². The van der Waals surface area contributed by atoms with E-state index in [1.54, 1.807) is 43.3 Å². The summed E-state index contributed by atoms with van der Waals surface area (Å²) in [4.78, 5) is 27.5. The Balaban J connectivity index is 0.000000522. The van der Waals surface area contributed by atoms with E-state index in [0.29, 0.717) is 23.4 Å². The number of hydrogen-bond acceptors (Lipinski definition) is 7. The third kappa shape index (κ3) is 9.87. The number of rotatable bonds is 9. The van der Waals surface area contributed by atoms with Crippen LogP contribution in [0.25, 0.3) is 22.8 Å². The predicted molar refractivity (Wildman–Crippen MR) is 202 cm³/mol. The summed E-state index contributed by atoms with van der Waals surface area (Å²) in [6.45, 7) is 2.64. The summed E-state index contributed by atoms with van der Waals surface area (Å²) in [5.41, 5.74) is 2.12. The van der Waals surface area contributed by atoms with Crippen LogP contribution >= 0.6 is 0 Å². The number of nitriles is 1. The second-order valence-corrected chi connectivity index (χ2v) is 15.1. The van der Waals surface area contributed by atoms with Crippen molar-refractivity contribution >= 4 is 16.1 Å². The van der Waals surface area contributed by atoms with Gasteiger partial charge >= 0.3 is 17.9 Å². The average Bonchev–Trinajstić information content (AvgIpc) is 3.73. The molecule has 0 spiro atoms. The minimum Gasteiger partial charge on any atom is -0.744 e. The monoisotopic (exact) mass is 785 g/mol. The van der Waals surface area contributed by atoms with E-state index in [0.717, 1.165) is 37.9 Å². The molecule has 12 nitrogen and oxygen atoms in total. The maximum Gasteiger partial charge on any atom is 0.416 e. The Morgan fingerprint density at radius 1 is 0.893 bits per heavy atom. The van der Waals surface area contributed by atoms with Crippen molar-refractivity contribution in [1.82, 2.24) is 24.2 Å². The molecule has 0 bridgehead atoms. The second-order valence-electron chi connectivity index (χ2n) is 13.7. The number of aromatic nitrogens is 4. The van der Waals surface area contributed by atoms with Crippen LogP contribution in [0.3, 0.4) is 0 Å². The number of carbonyl (C=O) groups excluding carboxylic acids is 1. The van der Waals surface area contributed by atoms with Gasteiger partial charge in [-0.2, -0.15) is 23.5 Å². The molecule has 0 saturated heterocycles. The summed E-state index contributed by atoms with van der Waals surface area (Å²) >= 11 is 0. The highest BCUT2D eigenvalue weighted by molar-refractivity contribution is 7.85. The van der Waals surface area contributed by atoms with Gasteiger partial charge in [-0.25, -0.2) is 27.3 Å². The fourth-order valence-electron chi connectivity index (χ4n) is 5.93.